The summed E-state index contributed by atoms with van der Waals surface area (Å²) < 4.78 is 6.89. The number of fused-ring (bicyclic) bond motifs is 2. The molecule has 0 aromatic carbocycles. The van der Waals surface area contributed by atoms with Gasteiger partial charge in [-0.3, -0.25) is 5.10 Å². The first-order chi connectivity index (χ1) is 16.7. The van der Waals surface area contributed by atoms with Crippen LogP contribution in [0.4, 0.5) is 0 Å². The number of aromatic nitrogens is 2. The van der Waals surface area contributed by atoms with Gasteiger partial charge in [0, 0.05) is 23.8 Å². The number of aromatic amines is 1. The van der Waals surface area contributed by atoms with Crippen LogP contribution < -0.4 is 0 Å². The smallest absolute Gasteiger partial charge is 0.191 e. The van der Waals surface area contributed by atoms with Crippen LogP contribution in [0.5, 0.6) is 0 Å². The lowest BCUT2D eigenvalue weighted by Gasteiger charge is -2.57. The van der Waals surface area contributed by atoms with Crippen molar-refractivity contribution < 1.29 is 4.43 Å². The fraction of sp³-hybridized carbons (Fsp3) is 0.828. The minimum absolute atomic E-state index is 0.0809. The van der Waals surface area contributed by atoms with Gasteiger partial charge >= 0.3 is 0 Å². The Hall–Kier alpha value is -1.56. The Morgan fingerprint density at radius 2 is 1.94 bits per heavy atom. The summed E-state index contributed by atoms with van der Waals surface area (Å²) >= 11 is 0. The molecular weight excluding hydrogens is 462 g/mol. The van der Waals surface area contributed by atoms with Gasteiger partial charge in [0.05, 0.1) is 6.20 Å². The Bertz CT molecular complexity index is 1020. The fourth-order valence-corrected chi connectivity index (χ4v) is 9.26. The Balaban J connectivity index is 1.69. The molecule has 6 nitrogen and oxygen atoms in total. The number of rotatable bonds is 7. The zero-order valence-corrected chi connectivity index (χ0v) is 25.0. The van der Waals surface area contributed by atoms with Gasteiger partial charge in [-0.1, -0.05) is 51.9 Å². The van der Waals surface area contributed by atoms with Crippen LogP contribution in [0.1, 0.15) is 78.5 Å². The van der Waals surface area contributed by atoms with Crippen molar-refractivity contribution >= 4 is 8.32 Å². The molecule has 3 aliphatic rings. The zero-order chi connectivity index (χ0) is 26.5. The van der Waals surface area contributed by atoms with Crippen molar-refractivity contribution in [2.75, 3.05) is 13.2 Å². The van der Waals surface area contributed by atoms with E-state index in [-0.39, 0.29) is 15.9 Å². The van der Waals surface area contributed by atoms with Gasteiger partial charge in [0.25, 0.3) is 0 Å². The van der Waals surface area contributed by atoms with E-state index in [9.17, 15) is 5.53 Å². The van der Waals surface area contributed by atoms with Gasteiger partial charge < -0.3 is 4.43 Å². The molecule has 36 heavy (non-hydrogen) atoms. The van der Waals surface area contributed by atoms with Crippen LogP contribution in [0, 0.1) is 40.4 Å². The second-order valence-corrected chi connectivity index (χ2v) is 19.1. The van der Waals surface area contributed by atoms with Crippen molar-refractivity contribution in [1.82, 2.24) is 10.2 Å². The number of azide groups is 1. The highest BCUT2D eigenvalue weighted by molar-refractivity contribution is 6.74. The minimum Gasteiger partial charge on any atom is -0.417 e. The highest BCUT2D eigenvalue weighted by Crippen LogP contribution is 2.64. The van der Waals surface area contributed by atoms with Crippen molar-refractivity contribution in [1.29, 1.82) is 0 Å². The fourth-order valence-electron chi connectivity index (χ4n) is 8.21. The molecule has 2 saturated carbocycles. The third-order valence-corrected chi connectivity index (χ3v) is 15.9. The Morgan fingerprint density at radius 3 is 2.58 bits per heavy atom. The summed E-state index contributed by atoms with van der Waals surface area (Å²) in [5.41, 5.74) is 13.6. The van der Waals surface area contributed by atoms with E-state index < -0.39 is 8.32 Å². The van der Waals surface area contributed by atoms with Crippen molar-refractivity contribution in [3.8, 4) is 0 Å². The SMILES string of the molecule is C=C(C)[C@H]1CC[C@H]2[C@H](CN=[N+]=[N-])[C@@H]([C@@]3(C)Cc4cn[nH]c4C[C@@H]3CO[Si](C)(C)C(C)(C)C)CC[C@]12C. The topological polar surface area (TPSA) is 86.7 Å². The molecule has 7 heteroatoms. The van der Waals surface area contributed by atoms with E-state index >= 15 is 0 Å². The molecule has 0 unspecified atom stereocenters. The molecule has 200 valence electrons. The molecule has 0 amide bonds. The molecule has 2 fully saturated rings. The predicted octanol–water partition coefficient (Wildman–Crippen LogP) is 8.10. The largest absolute Gasteiger partial charge is 0.417 e. The summed E-state index contributed by atoms with van der Waals surface area (Å²) in [5, 5.41) is 12.1. The third-order valence-electron chi connectivity index (χ3n) is 11.4. The van der Waals surface area contributed by atoms with E-state index in [0.717, 1.165) is 19.4 Å². The number of nitrogens with one attached hydrogen (secondary N) is 1. The molecule has 0 spiro atoms. The van der Waals surface area contributed by atoms with E-state index in [2.05, 4.69) is 81.4 Å². The van der Waals surface area contributed by atoms with Crippen LogP contribution in [0.2, 0.25) is 18.1 Å². The number of hydrogen-bond acceptors (Lipinski definition) is 3. The van der Waals surface area contributed by atoms with Crippen molar-refractivity contribution in [2.45, 2.75) is 98.2 Å². The molecule has 1 heterocycles. The highest BCUT2D eigenvalue weighted by atomic mass is 28.4. The van der Waals surface area contributed by atoms with E-state index in [1.807, 2.05) is 6.20 Å². The van der Waals surface area contributed by atoms with Gasteiger partial charge in [-0.05, 0) is 115 Å². The number of hydrogen-bond donors (Lipinski definition) is 1. The molecule has 0 radical (unpaired) electrons. The summed E-state index contributed by atoms with van der Waals surface area (Å²) in [7, 11) is -1.87. The maximum atomic E-state index is 9.32. The number of nitrogens with zero attached hydrogens (tertiary/aromatic N) is 4. The summed E-state index contributed by atoms with van der Waals surface area (Å²) in [5.74, 6) is 2.47. The Morgan fingerprint density at radius 1 is 1.25 bits per heavy atom. The summed E-state index contributed by atoms with van der Waals surface area (Å²) in [6.45, 7) is 24.7. The average molecular weight is 512 g/mol. The van der Waals surface area contributed by atoms with E-state index in [1.165, 1.54) is 42.5 Å². The van der Waals surface area contributed by atoms with Gasteiger partial charge in [0.2, 0.25) is 0 Å². The highest BCUT2D eigenvalue weighted by Gasteiger charge is 2.58. The van der Waals surface area contributed by atoms with Gasteiger partial charge in [0.1, 0.15) is 0 Å². The average Bonchev–Trinajstić information content (AvgIpc) is 3.37. The summed E-state index contributed by atoms with van der Waals surface area (Å²) in [4.78, 5) is 3.24. The molecule has 3 aliphatic carbocycles. The lowest BCUT2D eigenvalue weighted by molar-refractivity contribution is -0.0662. The van der Waals surface area contributed by atoms with Crippen molar-refractivity contribution in [2.24, 2.45) is 45.5 Å². The standard InChI is InChI=1S/C29H49N5OSi/c1-19(2)23-10-11-24-22(17-32-34-30)25(12-13-28(23,24)6)29(7)15-20-16-31-33-26(20)14-21(29)18-35-36(8,9)27(3,4)5/h16,21-25H,1,10-15,17-18H2,2-9H3,(H,31,33)/t21-,22+,23-,24+,25+,28-,29+/m1/s1. The Kier molecular flexibility index (Phi) is 7.35. The summed E-state index contributed by atoms with van der Waals surface area (Å²) in [6.07, 6.45) is 8.90. The second kappa shape index (κ2) is 9.63. The van der Waals surface area contributed by atoms with Gasteiger partial charge in [-0.2, -0.15) is 5.10 Å². The number of H-pyrrole nitrogens is 1. The molecule has 0 saturated heterocycles. The van der Waals surface area contributed by atoms with Crippen LogP contribution in [-0.4, -0.2) is 31.7 Å². The zero-order valence-electron chi connectivity index (χ0n) is 24.0. The molecule has 1 N–H and O–H groups in total. The van der Waals surface area contributed by atoms with Crippen LogP contribution in [0.3, 0.4) is 0 Å². The first-order valence-corrected chi connectivity index (χ1v) is 17.0. The minimum atomic E-state index is -1.87. The molecule has 1 aromatic heterocycles. The van der Waals surface area contributed by atoms with Crippen LogP contribution in [0.15, 0.2) is 23.5 Å². The van der Waals surface area contributed by atoms with Crippen LogP contribution in [-0.2, 0) is 17.3 Å². The molecule has 4 rings (SSSR count). The first-order valence-electron chi connectivity index (χ1n) is 14.1. The van der Waals surface area contributed by atoms with E-state index in [4.69, 9.17) is 4.43 Å². The lowest BCUT2D eigenvalue weighted by Crippen LogP contribution is -2.53. The first kappa shape index (κ1) is 27.5. The van der Waals surface area contributed by atoms with Crippen LogP contribution >= 0.6 is 0 Å². The quantitative estimate of drug-likeness (QED) is 0.132. The second-order valence-electron chi connectivity index (χ2n) is 14.3. The van der Waals surface area contributed by atoms with Gasteiger partial charge in [-0.15, -0.1) is 0 Å². The number of allylic oxidation sites excluding steroid dienone is 1. The van der Waals surface area contributed by atoms with Crippen molar-refractivity contribution in [3.05, 3.63) is 40.0 Å². The maximum Gasteiger partial charge on any atom is 0.191 e. The maximum absolute atomic E-state index is 9.32. The van der Waals surface area contributed by atoms with Gasteiger partial charge in [-0.25, -0.2) is 0 Å². The predicted molar refractivity (Wildman–Crippen MR) is 150 cm³/mol. The summed E-state index contributed by atoms with van der Waals surface area (Å²) in [6, 6.07) is 0. The van der Waals surface area contributed by atoms with Crippen LogP contribution in [0.25, 0.3) is 10.4 Å². The normalized spacial score (nSPS) is 36.6. The lowest BCUT2D eigenvalue weighted by atomic mass is 9.48. The molecule has 7 atom stereocenters. The monoisotopic (exact) mass is 511 g/mol. The van der Waals surface area contributed by atoms with E-state index in [1.54, 1.807) is 0 Å². The Labute approximate surface area is 219 Å². The molecular formula is C29H49N5OSi. The van der Waals surface area contributed by atoms with Gasteiger partial charge in [0.15, 0.2) is 8.32 Å². The molecule has 0 bridgehead atoms. The molecule has 1 aromatic rings. The van der Waals surface area contributed by atoms with Crippen molar-refractivity contribution in [3.63, 3.8) is 0 Å². The van der Waals surface area contributed by atoms with E-state index in [0.29, 0.717) is 36.1 Å². The molecule has 0 aliphatic heterocycles. The third kappa shape index (κ3) is 4.60.